The number of carbonyl (C=O) groups is 1. The van der Waals surface area contributed by atoms with E-state index in [-0.39, 0.29) is 18.4 Å². The number of amides is 1. The summed E-state index contributed by atoms with van der Waals surface area (Å²) in [5.74, 6) is 1.35. The summed E-state index contributed by atoms with van der Waals surface area (Å²) in [6.07, 6.45) is 1.55. The summed E-state index contributed by atoms with van der Waals surface area (Å²) >= 11 is 6.96. The SMILES string of the molecule is CCOc1ccc(Br)cc1/C=N\NC(=O)COc1cc(C)c(Br)cc1C(C)C. The fraction of sp³-hybridized carbons (Fsp3) is 0.333. The van der Waals surface area contributed by atoms with Crippen molar-refractivity contribution in [2.45, 2.75) is 33.6 Å². The van der Waals surface area contributed by atoms with E-state index in [1.165, 1.54) is 0 Å². The molecular weight excluding hydrogens is 488 g/mol. The van der Waals surface area contributed by atoms with Gasteiger partial charge in [-0.05, 0) is 61.2 Å². The lowest BCUT2D eigenvalue weighted by Crippen LogP contribution is -2.25. The Morgan fingerprint density at radius 2 is 1.93 bits per heavy atom. The number of benzene rings is 2. The first kappa shape index (κ1) is 22.4. The van der Waals surface area contributed by atoms with Crippen LogP contribution in [-0.4, -0.2) is 25.3 Å². The number of aryl methyl sites for hydroxylation is 1. The molecule has 2 aromatic carbocycles. The van der Waals surface area contributed by atoms with Crippen LogP contribution in [0.25, 0.3) is 0 Å². The van der Waals surface area contributed by atoms with Gasteiger partial charge in [0.1, 0.15) is 11.5 Å². The predicted molar refractivity (Wildman–Crippen MR) is 120 cm³/mol. The average Bonchev–Trinajstić information content (AvgIpc) is 2.64. The van der Waals surface area contributed by atoms with E-state index >= 15 is 0 Å². The van der Waals surface area contributed by atoms with Crippen molar-refractivity contribution >= 4 is 44.0 Å². The van der Waals surface area contributed by atoms with Gasteiger partial charge in [0.25, 0.3) is 5.91 Å². The number of carbonyl (C=O) groups excluding carboxylic acids is 1. The van der Waals surface area contributed by atoms with Gasteiger partial charge in [0.15, 0.2) is 6.61 Å². The van der Waals surface area contributed by atoms with E-state index in [0.717, 1.165) is 25.6 Å². The molecule has 0 atom stereocenters. The molecule has 28 heavy (non-hydrogen) atoms. The molecule has 0 aliphatic rings. The van der Waals surface area contributed by atoms with Gasteiger partial charge in [-0.25, -0.2) is 5.43 Å². The minimum absolute atomic E-state index is 0.116. The van der Waals surface area contributed by atoms with Crippen LogP contribution in [0.2, 0.25) is 0 Å². The number of rotatable bonds is 8. The zero-order valence-electron chi connectivity index (χ0n) is 16.4. The molecule has 150 valence electrons. The van der Waals surface area contributed by atoms with Crippen molar-refractivity contribution in [1.82, 2.24) is 5.43 Å². The normalized spacial score (nSPS) is 11.1. The van der Waals surface area contributed by atoms with Crippen LogP contribution in [0.3, 0.4) is 0 Å². The molecule has 2 rings (SSSR count). The Morgan fingerprint density at radius 3 is 2.61 bits per heavy atom. The monoisotopic (exact) mass is 510 g/mol. The summed E-state index contributed by atoms with van der Waals surface area (Å²) in [5, 5.41) is 4.01. The highest BCUT2D eigenvalue weighted by atomic mass is 79.9. The molecule has 0 radical (unpaired) electrons. The van der Waals surface area contributed by atoms with E-state index in [0.29, 0.717) is 18.1 Å². The maximum atomic E-state index is 12.1. The Hall–Kier alpha value is -1.86. The van der Waals surface area contributed by atoms with Crippen molar-refractivity contribution in [3.8, 4) is 11.5 Å². The van der Waals surface area contributed by atoms with Crippen molar-refractivity contribution in [3.05, 3.63) is 56.0 Å². The molecule has 0 bridgehead atoms. The topological polar surface area (TPSA) is 59.9 Å². The van der Waals surface area contributed by atoms with Gasteiger partial charge in [0.05, 0.1) is 12.8 Å². The summed E-state index contributed by atoms with van der Waals surface area (Å²) in [6, 6.07) is 9.58. The lowest BCUT2D eigenvalue weighted by atomic mass is 10.0. The van der Waals surface area contributed by atoms with E-state index in [1.54, 1.807) is 6.21 Å². The molecule has 0 heterocycles. The summed E-state index contributed by atoms with van der Waals surface area (Å²) in [5.41, 5.74) is 5.35. The molecule has 0 spiro atoms. The van der Waals surface area contributed by atoms with Gasteiger partial charge in [-0.15, -0.1) is 0 Å². The number of nitrogens with zero attached hydrogens (tertiary/aromatic N) is 1. The first-order chi connectivity index (χ1) is 13.3. The summed E-state index contributed by atoms with van der Waals surface area (Å²) in [6.45, 7) is 8.50. The van der Waals surface area contributed by atoms with Crippen LogP contribution < -0.4 is 14.9 Å². The fourth-order valence-electron chi connectivity index (χ4n) is 2.50. The van der Waals surface area contributed by atoms with Crippen molar-refractivity contribution < 1.29 is 14.3 Å². The van der Waals surface area contributed by atoms with E-state index in [9.17, 15) is 4.79 Å². The molecule has 0 fully saturated rings. The Labute approximate surface area is 182 Å². The van der Waals surface area contributed by atoms with Gasteiger partial charge < -0.3 is 9.47 Å². The largest absolute Gasteiger partial charge is 0.493 e. The number of hydrogen-bond donors (Lipinski definition) is 1. The zero-order chi connectivity index (χ0) is 20.7. The van der Waals surface area contributed by atoms with Crippen molar-refractivity contribution in [2.24, 2.45) is 5.10 Å². The fourth-order valence-corrected chi connectivity index (χ4v) is 3.24. The lowest BCUT2D eigenvalue weighted by molar-refractivity contribution is -0.123. The van der Waals surface area contributed by atoms with E-state index < -0.39 is 0 Å². The quantitative estimate of drug-likeness (QED) is 0.372. The van der Waals surface area contributed by atoms with Crippen LogP contribution in [0.5, 0.6) is 11.5 Å². The molecule has 1 N–H and O–H groups in total. The first-order valence-corrected chi connectivity index (χ1v) is 10.6. The standard InChI is InChI=1S/C21H24Br2N2O3/c1-5-27-19-7-6-16(22)9-15(19)11-24-25-21(26)12-28-20-8-14(4)18(23)10-17(20)13(2)3/h6-11,13H,5,12H2,1-4H3,(H,25,26)/b24-11-. The zero-order valence-corrected chi connectivity index (χ0v) is 19.6. The third-order valence-corrected chi connectivity index (χ3v) is 5.28. The molecule has 7 heteroatoms. The second-order valence-corrected chi connectivity index (χ2v) is 8.26. The molecule has 0 aliphatic carbocycles. The maximum Gasteiger partial charge on any atom is 0.277 e. The third kappa shape index (κ3) is 6.34. The minimum Gasteiger partial charge on any atom is -0.493 e. The molecule has 0 saturated carbocycles. The van der Waals surface area contributed by atoms with Crippen LogP contribution in [0.15, 0.2) is 44.4 Å². The van der Waals surface area contributed by atoms with E-state index in [2.05, 4.69) is 56.2 Å². The highest BCUT2D eigenvalue weighted by Gasteiger charge is 2.12. The smallest absolute Gasteiger partial charge is 0.277 e. The summed E-state index contributed by atoms with van der Waals surface area (Å²) in [7, 11) is 0. The second-order valence-electron chi connectivity index (χ2n) is 6.49. The van der Waals surface area contributed by atoms with Crippen molar-refractivity contribution in [2.75, 3.05) is 13.2 Å². The molecule has 5 nitrogen and oxygen atoms in total. The highest BCUT2D eigenvalue weighted by molar-refractivity contribution is 9.10. The Balaban J connectivity index is 2.00. The van der Waals surface area contributed by atoms with Gasteiger partial charge in [0.2, 0.25) is 0 Å². The van der Waals surface area contributed by atoms with E-state index in [4.69, 9.17) is 9.47 Å². The van der Waals surface area contributed by atoms with Crippen LogP contribution in [-0.2, 0) is 4.79 Å². The molecule has 2 aromatic rings. The van der Waals surface area contributed by atoms with Crippen LogP contribution in [0, 0.1) is 6.92 Å². The first-order valence-electron chi connectivity index (χ1n) is 8.98. The number of halogens is 2. The molecule has 0 unspecified atom stereocenters. The second kappa shape index (κ2) is 10.6. The number of hydrogen-bond acceptors (Lipinski definition) is 4. The molecule has 0 aliphatic heterocycles. The van der Waals surface area contributed by atoms with Crippen LogP contribution in [0.1, 0.15) is 43.4 Å². The van der Waals surface area contributed by atoms with Crippen LogP contribution >= 0.6 is 31.9 Å². The molecule has 0 saturated heterocycles. The Bertz CT molecular complexity index is 867. The van der Waals surface area contributed by atoms with E-state index in [1.807, 2.05) is 44.2 Å². The number of ether oxygens (including phenoxy) is 2. The lowest BCUT2D eigenvalue weighted by Gasteiger charge is -2.15. The minimum atomic E-state index is -0.334. The predicted octanol–water partition coefficient (Wildman–Crippen LogP) is 5.57. The number of hydrazone groups is 1. The van der Waals surface area contributed by atoms with Gasteiger partial charge in [-0.2, -0.15) is 5.10 Å². The molecule has 1 amide bonds. The summed E-state index contributed by atoms with van der Waals surface area (Å²) in [4.78, 5) is 12.1. The highest BCUT2D eigenvalue weighted by Crippen LogP contribution is 2.32. The number of nitrogens with one attached hydrogen (secondary N) is 1. The molecular formula is C21H24Br2N2O3. The summed E-state index contributed by atoms with van der Waals surface area (Å²) < 4.78 is 13.2. The maximum absolute atomic E-state index is 12.1. The van der Waals surface area contributed by atoms with Gasteiger partial charge in [0, 0.05) is 14.5 Å². The van der Waals surface area contributed by atoms with Crippen molar-refractivity contribution in [3.63, 3.8) is 0 Å². The van der Waals surface area contributed by atoms with Crippen molar-refractivity contribution in [1.29, 1.82) is 0 Å². The average molecular weight is 512 g/mol. The van der Waals surface area contributed by atoms with Crippen LogP contribution in [0.4, 0.5) is 0 Å². The van der Waals surface area contributed by atoms with Gasteiger partial charge in [-0.1, -0.05) is 45.7 Å². The Morgan fingerprint density at radius 1 is 1.18 bits per heavy atom. The molecule has 0 aromatic heterocycles. The third-order valence-electron chi connectivity index (χ3n) is 3.94. The van der Waals surface area contributed by atoms with Gasteiger partial charge in [-0.3, -0.25) is 4.79 Å². The van der Waals surface area contributed by atoms with Gasteiger partial charge >= 0.3 is 0 Å². The Kier molecular flexibility index (Phi) is 8.51.